The molecule has 0 fully saturated rings. The highest BCUT2D eigenvalue weighted by Crippen LogP contribution is 2.32. The summed E-state index contributed by atoms with van der Waals surface area (Å²) in [5, 5.41) is -0.0766. The van der Waals surface area contributed by atoms with E-state index in [4.69, 9.17) is 17.3 Å². The number of nitrogens with zero attached hydrogens (tertiary/aromatic N) is 1. The third-order valence-electron chi connectivity index (χ3n) is 1.43. The number of pyridine rings is 1. The van der Waals surface area contributed by atoms with Gasteiger partial charge in [0.05, 0.1) is 10.7 Å². The summed E-state index contributed by atoms with van der Waals surface area (Å²) in [6.07, 6.45) is -3.30. The monoisotopic (exact) mass is 246 g/mol. The number of halogens is 5. The maximum atomic E-state index is 12.1. The van der Waals surface area contributed by atoms with E-state index in [1.807, 2.05) is 0 Å². The predicted molar refractivity (Wildman–Crippen MR) is 49.5 cm³/mol. The minimum absolute atomic E-state index is 0. The van der Waals surface area contributed by atoms with Gasteiger partial charge in [-0.25, -0.2) is 0 Å². The van der Waals surface area contributed by atoms with Crippen LogP contribution in [0.4, 0.5) is 13.2 Å². The van der Waals surface area contributed by atoms with E-state index in [0.717, 1.165) is 0 Å². The summed E-state index contributed by atoms with van der Waals surface area (Å²) in [6, 6.07) is 0.630. The van der Waals surface area contributed by atoms with Gasteiger partial charge in [-0.3, -0.25) is 4.98 Å². The van der Waals surface area contributed by atoms with Gasteiger partial charge in [0.25, 0.3) is 0 Å². The van der Waals surface area contributed by atoms with Crippen LogP contribution >= 0.6 is 24.0 Å². The van der Waals surface area contributed by atoms with Gasteiger partial charge in [-0.15, -0.1) is 12.4 Å². The van der Waals surface area contributed by atoms with Gasteiger partial charge < -0.3 is 5.73 Å². The van der Waals surface area contributed by atoms with E-state index < -0.39 is 12.2 Å². The van der Waals surface area contributed by atoms with Gasteiger partial charge in [0.15, 0.2) is 0 Å². The Labute approximate surface area is 89.7 Å². The lowest BCUT2D eigenvalue weighted by atomic mass is 10.2. The normalized spacial score (nSPS) is 13.2. The van der Waals surface area contributed by atoms with Crippen molar-refractivity contribution in [3.05, 3.63) is 29.0 Å². The van der Waals surface area contributed by atoms with Crippen LogP contribution in [0.3, 0.4) is 0 Å². The first-order valence-corrected chi connectivity index (χ1v) is 3.73. The van der Waals surface area contributed by atoms with Crippen LogP contribution in [0.15, 0.2) is 18.3 Å². The first-order chi connectivity index (χ1) is 5.93. The third kappa shape index (κ3) is 3.01. The van der Waals surface area contributed by atoms with Crippen LogP contribution in [0.25, 0.3) is 0 Å². The van der Waals surface area contributed by atoms with Crippen LogP contribution in [-0.2, 0) is 0 Å². The van der Waals surface area contributed by atoms with Gasteiger partial charge in [-0.2, -0.15) is 13.2 Å². The molecule has 0 unspecified atom stereocenters. The molecule has 0 saturated heterocycles. The van der Waals surface area contributed by atoms with Crippen molar-refractivity contribution in [1.82, 2.24) is 4.98 Å². The van der Waals surface area contributed by atoms with Crippen LogP contribution < -0.4 is 5.73 Å². The number of rotatable bonds is 1. The van der Waals surface area contributed by atoms with Crippen LogP contribution in [0.1, 0.15) is 11.7 Å². The van der Waals surface area contributed by atoms with E-state index in [1.165, 1.54) is 18.3 Å². The molecule has 0 saturated carbocycles. The summed E-state index contributed by atoms with van der Waals surface area (Å²) < 4.78 is 36.3. The quantitative estimate of drug-likeness (QED) is 0.828. The van der Waals surface area contributed by atoms with E-state index in [-0.39, 0.29) is 23.1 Å². The predicted octanol–water partition coefficient (Wildman–Crippen LogP) is 2.72. The molecule has 0 aromatic carbocycles. The van der Waals surface area contributed by atoms with Gasteiger partial charge in [0, 0.05) is 6.20 Å². The molecule has 0 spiro atoms. The summed E-state index contributed by atoms with van der Waals surface area (Å²) >= 11 is 5.48. The standard InChI is InChI=1S/C7H6ClF3N2.ClH/c8-4-2-1-3-13-5(4)6(12)7(9,10)11;/h1-3,6H,12H2;1H/t6-;/m0./s1. The number of nitrogens with two attached hydrogens (primary N) is 1. The van der Waals surface area contributed by atoms with Crippen molar-refractivity contribution in [2.75, 3.05) is 0 Å². The zero-order valence-electron chi connectivity index (χ0n) is 6.75. The maximum absolute atomic E-state index is 12.1. The minimum atomic E-state index is -4.52. The molecule has 0 radical (unpaired) electrons. The molecule has 1 atom stereocenters. The molecular weight excluding hydrogens is 240 g/mol. The fraction of sp³-hybridized carbons (Fsp3) is 0.286. The molecule has 1 aromatic rings. The van der Waals surface area contributed by atoms with Gasteiger partial charge in [-0.1, -0.05) is 11.6 Å². The van der Waals surface area contributed by atoms with Crippen LogP contribution in [0, 0.1) is 0 Å². The Morgan fingerprint density at radius 1 is 1.43 bits per heavy atom. The largest absolute Gasteiger partial charge is 0.409 e. The van der Waals surface area contributed by atoms with E-state index in [9.17, 15) is 13.2 Å². The topological polar surface area (TPSA) is 38.9 Å². The average molecular weight is 247 g/mol. The van der Waals surface area contributed by atoms with Gasteiger partial charge in [0.2, 0.25) is 0 Å². The van der Waals surface area contributed by atoms with Crippen LogP contribution in [-0.4, -0.2) is 11.2 Å². The molecule has 0 aliphatic rings. The Hall–Kier alpha value is -0.520. The van der Waals surface area contributed by atoms with Crippen molar-refractivity contribution < 1.29 is 13.2 Å². The van der Waals surface area contributed by atoms with Crippen LogP contribution in [0.5, 0.6) is 0 Å². The van der Waals surface area contributed by atoms with Crippen LogP contribution in [0.2, 0.25) is 5.02 Å². The number of aromatic nitrogens is 1. The highest BCUT2D eigenvalue weighted by molar-refractivity contribution is 6.31. The van der Waals surface area contributed by atoms with Crippen molar-refractivity contribution in [3.8, 4) is 0 Å². The molecule has 0 bridgehead atoms. The highest BCUT2D eigenvalue weighted by atomic mass is 35.5. The summed E-state index contributed by atoms with van der Waals surface area (Å²) in [7, 11) is 0. The Kier molecular flexibility index (Phi) is 4.64. The number of hydrogen-bond donors (Lipinski definition) is 1. The molecule has 80 valence electrons. The molecule has 1 aromatic heterocycles. The number of alkyl halides is 3. The lowest BCUT2D eigenvalue weighted by Gasteiger charge is -2.15. The van der Waals surface area contributed by atoms with Gasteiger partial charge in [0.1, 0.15) is 6.04 Å². The van der Waals surface area contributed by atoms with E-state index in [0.29, 0.717) is 0 Å². The van der Waals surface area contributed by atoms with Crippen molar-refractivity contribution in [2.45, 2.75) is 12.2 Å². The molecule has 0 aliphatic heterocycles. The zero-order valence-corrected chi connectivity index (χ0v) is 8.33. The second-order valence-corrected chi connectivity index (χ2v) is 2.80. The minimum Gasteiger partial charge on any atom is -0.315 e. The molecule has 14 heavy (non-hydrogen) atoms. The van der Waals surface area contributed by atoms with Crippen molar-refractivity contribution in [3.63, 3.8) is 0 Å². The molecular formula is C7H7Cl2F3N2. The fourth-order valence-electron chi connectivity index (χ4n) is 0.782. The lowest BCUT2D eigenvalue weighted by molar-refractivity contribution is -0.149. The van der Waals surface area contributed by atoms with Crippen molar-refractivity contribution in [2.24, 2.45) is 5.73 Å². The zero-order chi connectivity index (χ0) is 10.1. The SMILES string of the molecule is Cl.N[C@@H](c1ncccc1Cl)C(F)(F)F. The molecule has 2 nitrogen and oxygen atoms in total. The molecule has 7 heteroatoms. The summed E-state index contributed by atoms with van der Waals surface area (Å²) in [4.78, 5) is 3.47. The fourth-order valence-corrected chi connectivity index (χ4v) is 1.02. The molecule has 0 aliphatic carbocycles. The van der Waals surface area contributed by atoms with Gasteiger partial charge in [-0.05, 0) is 12.1 Å². The average Bonchev–Trinajstić information content (AvgIpc) is 2.02. The Balaban J connectivity index is 0.00000169. The Morgan fingerprint density at radius 3 is 2.43 bits per heavy atom. The first kappa shape index (κ1) is 13.5. The Bertz CT molecular complexity index is 303. The number of hydrogen-bond acceptors (Lipinski definition) is 2. The molecule has 1 heterocycles. The third-order valence-corrected chi connectivity index (χ3v) is 1.75. The highest BCUT2D eigenvalue weighted by Gasteiger charge is 2.39. The Morgan fingerprint density at radius 2 is 2.00 bits per heavy atom. The summed E-state index contributed by atoms with van der Waals surface area (Å²) in [6.45, 7) is 0. The van der Waals surface area contributed by atoms with E-state index >= 15 is 0 Å². The second-order valence-electron chi connectivity index (χ2n) is 2.39. The summed E-state index contributed by atoms with van der Waals surface area (Å²) in [5.74, 6) is 0. The van der Waals surface area contributed by atoms with E-state index in [1.54, 1.807) is 0 Å². The van der Waals surface area contributed by atoms with E-state index in [2.05, 4.69) is 4.98 Å². The lowest BCUT2D eigenvalue weighted by Crippen LogP contribution is -2.29. The maximum Gasteiger partial charge on any atom is 0.409 e. The molecule has 0 amide bonds. The molecule has 2 N–H and O–H groups in total. The van der Waals surface area contributed by atoms with Crippen molar-refractivity contribution in [1.29, 1.82) is 0 Å². The van der Waals surface area contributed by atoms with Crippen molar-refractivity contribution >= 4 is 24.0 Å². The molecule has 1 rings (SSSR count). The van der Waals surface area contributed by atoms with Gasteiger partial charge >= 0.3 is 6.18 Å². The summed E-state index contributed by atoms with van der Waals surface area (Å²) in [5.41, 5.74) is 4.55. The second kappa shape index (κ2) is 4.82. The smallest absolute Gasteiger partial charge is 0.315 e. The first-order valence-electron chi connectivity index (χ1n) is 3.35.